The summed E-state index contributed by atoms with van der Waals surface area (Å²) < 4.78 is 10.0. The van der Waals surface area contributed by atoms with Crippen molar-refractivity contribution in [2.45, 2.75) is 4.90 Å². The molecule has 14 heavy (non-hydrogen) atoms. The fraction of sp³-hybridized carbons (Fsp3) is 0.222. The van der Waals surface area contributed by atoms with Gasteiger partial charge in [-0.1, -0.05) is 0 Å². The van der Waals surface area contributed by atoms with Gasteiger partial charge in [0.15, 0.2) is 0 Å². The molecule has 0 aromatic heterocycles. The molecule has 5 heteroatoms. The first-order valence-corrected chi connectivity index (χ1v) is 4.55. The molecule has 0 aliphatic heterocycles. The average molecular weight is 211 g/mol. The second kappa shape index (κ2) is 4.63. The number of methoxy groups -OCH3 is 2. The molecule has 0 saturated heterocycles. The van der Waals surface area contributed by atoms with E-state index < -0.39 is 0 Å². The number of nitriles is 1. The van der Waals surface area contributed by atoms with Crippen LogP contribution >= 0.6 is 11.8 Å². The predicted octanol–water partition coefficient (Wildman–Crippen LogP) is 1.98. The van der Waals surface area contributed by atoms with Crippen molar-refractivity contribution < 1.29 is 14.6 Å². The zero-order valence-electron chi connectivity index (χ0n) is 7.77. The van der Waals surface area contributed by atoms with E-state index in [9.17, 15) is 5.11 Å². The van der Waals surface area contributed by atoms with E-state index in [1.54, 1.807) is 0 Å². The number of rotatable bonds is 3. The van der Waals surface area contributed by atoms with E-state index in [0.717, 1.165) is 11.8 Å². The molecule has 1 rings (SSSR count). The Morgan fingerprint density at radius 3 is 2.14 bits per heavy atom. The van der Waals surface area contributed by atoms with Gasteiger partial charge in [0, 0.05) is 12.1 Å². The molecule has 0 saturated carbocycles. The van der Waals surface area contributed by atoms with Crippen molar-refractivity contribution in [2.24, 2.45) is 0 Å². The van der Waals surface area contributed by atoms with Gasteiger partial charge in [0.2, 0.25) is 0 Å². The molecule has 1 aromatic carbocycles. The smallest absolute Gasteiger partial charge is 0.140 e. The molecule has 0 unspecified atom stereocenters. The topological polar surface area (TPSA) is 62.5 Å². The largest absolute Gasteiger partial charge is 0.508 e. The molecule has 74 valence electrons. The van der Waals surface area contributed by atoms with Gasteiger partial charge in [0.25, 0.3) is 0 Å². The third-order valence-corrected chi connectivity index (χ3v) is 2.29. The molecule has 0 atom stereocenters. The minimum atomic E-state index is 0.0426. The van der Waals surface area contributed by atoms with Crippen LogP contribution in [0, 0.1) is 10.7 Å². The van der Waals surface area contributed by atoms with Crippen LogP contribution < -0.4 is 9.47 Å². The van der Waals surface area contributed by atoms with Gasteiger partial charge in [-0.2, -0.15) is 5.26 Å². The van der Waals surface area contributed by atoms with E-state index in [-0.39, 0.29) is 5.75 Å². The zero-order valence-corrected chi connectivity index (χ0v) is 8.59. The summed E-state index contributed by atoms with van der Waals surface area (Å²) in [4.78, 5) is 0.565. The number of nitrogens with zero attached hydrogens (tertiary/aromatic N) is 1. The Bertz CT molecular complexity index is 348. The van der Waals surface area contributed by atoms with Gasteiger partial charge in [-0.3, -0.25) is 0 Å². The van der Waals surface area contributed by atoms with Crippen LogP contribution in [-0.2, 0) is 0 Å². The molecule has 0 bridgehead atoms. The lowest BCUT2D eigenvalue weighted by Crippen LogP contribution is -1.90. The molecule has 1 N–H and O–H groups in total. The third-order valence-electron chi connectivity index (χ3n) is 1.59. The summed E-state index contributed by atoms with van der Waals surface area (Å²) in [5.41, 5.74) is 0. The van der Waals surface area contributed by atoms with Crippen LogP contribution in [0.25, 0.3) is 0 Å². The van der Waals surface area contributed by atoms with Crippen LogP contribution in [-0.4, -0.2) is 19.3 Å². The van der Waals surface area contributed by atoms with Crippen molar-refractivity contribution in [3.8, 4) is 22.6 Å². The van der Waals surface area contributed by atoms with Gasteiger partial charge < -0.3 is 14.6 Å². The third kappa shape index (κ3) is 2.03. The SMILES string of the molecule is COc1cc(O)cc(OC)c1SC#N. The highest BCUT2D eigenvalue weighted by Crippen LogP contribution is 2.40. The van der Waals surface area contributed by atoms with Crippen molar-refractivity contribution >= 4 is 11.8 Å². The highest BCUT2D eigenvalue weighted by molar-refractivity contribution is 8.04. The second-order valence-corrected chi connectivity index (χ2v) is 3.17. The number of phenolic OH excluding ortho intramolecular Hbond substituents is 1. The van der Waals surface area contributed by atoms with Gasteiger partial charge in [-0.25, -0.2) is 0 Å². The number of ether oxygens (including phenoxy) is 2. The molecule has 4 nitrogen and oxygen atoms in total. The number of hydrogen-bond donors (Lipinski definition) is 1. The Kier molecular flexibility index (Phi) is 3.48. The number of phenols is 1. The van der Waals surface area contributed by atoms with Gasteiger partial charge in [0.05, 0.1) is 14.2 Å². The summed E-state index contributed by atoms with van der Waals surface area (Å²) in [5, 5.41) is 19.8. The quantitative estimate of drug-likeness (QED) is 0.611. The number of thioether (sulfide) groups is 1. The Hall–Kier alpha value is -1.54. The summed E-state index contributed by atoms with van der Waals surface area (Å²) in [7, 11) is 2.94. The Morgan fingerprint density at radius 2 is 1.79 bits per heavy atom. The van der Waals surface area contributed by atoms with Crippen molar-refractivity contribution in [1.29, 1.82) is 5.26 Å². The normalized spacial score (nSPS) is 9.21. The first-order valence-electron chi connectivity index (χ1n) is 3.73. The number of hydrogen-bond acceptors (Lipinski definition) is 5. The fourth-order valence-electron chi connectivity index (χ4n) is 1.01. The van der Waals surface area contributed by atoms with Gasteiger partial charge in [-0.05, 0) is 11.8 Å². The zero-order chi connectivity index (χ0) is 10.6. The van der Waals surface area contributed by atoms with Gasteiger partial charge in [0.1, 0.15) is 27.5 Å². The molecular formula is C9H9NO3S. The Balaban J connectivity index is 3.26. The van der Waals surface area contributed by atoms with E-state index in [2.05, 4.69) is 0 Å². The van der Waals surface area contributed by atoms with Gasteiger partial charge >= 0.3 is 0 Å². The maximum Gasteiger partial charge on any atom is 0.140 e. The lowest BCUT2D eigenvalue weighted by Gasteiger charge is -2.10. The predicted molar refractivity (Wildman–Crippen MR) is 52.7 cm³/mol. The van der Waals surface area contributed by atoms with Crippen molar-refractivity contribution in [2.75, 3.05) is 14.2 Å². The van der Waals surface area contributed by atoms with Crippen LogP contribution in [0.4, 0.5) is 0 Å². The highest BCUT2D eigenvalue weighted by Gasteiger charge is 2.12. The van der Waals surface area contributed by atoms with Crippen LogP contribution in [0.5, 0.6) is 17.2 Å². The summed E-state index contributed by atoms with van der Waals surface area (Å²) >= 11 is 0.931. The number of aromatic hydroxyl groups is 1. The molecule has 0 heterocycles. The van der Waals surface area contributed by atoms with E-state index >= 15 is 0 Å². The average Bonchev–Trinajstić information content (AvgIpc) is 2.20. The maximum absolute atomic E-state index is 9.30. The Labute approximate surface area is 86.1 Å². The summed E-state index contributed by atoms with van der Waals surface area (Å²) in [5.74, 6) is 0.891. The van der Waals surface area contributed by atoms with Crippen LogP contribution in [0.1, 0.15) is 0 Å². The van der Waals surface area contributed by atoms with Crippen LogP contribution in [0.3, 0.4) is 0 Å². The first-order chi connectivity index (χ1) is 6.72. The standard InChI is InChI=1S/C9H9NO3S/c1-12-7-3-6(11)4-8(13-2)9(7)14-5-10/h3-4,11H,1-2H3. The fourth-order valence-corrected chi connectivity index (χ4v) is 1.59. The molecule has 0 fully saturated rings. The Morgan fingerprint density at radius 1 is 1.29 bits per heavy atom. The van der Waals surface area contributed by atoms with E-state index in [1.807, 2.05) is 5.40 Å². The van der Waals surface area contributed by atoms with Crippen molar-refractivity contribution in [1.82, 2.24) is 0 Å². The van der Waals surface area contributed by atoms with Crippen molar-refractivity contribution in [3.63, 3.8) is 0 Å². The minimum Gasteiger partial charge on any atom is -0.508 e. The molecule has 0 amide bonds. The molecule has 0 radical (unpaired) electrons. The van der Waals surface area contributed by atoms with Gasteiger partial charge in [-0.15, -0.1) is 0 Å². The van der Waals surface area contributed by atoms with E-state index in [0.29, 0.717) is 16.4 Å². The maximum atomic E-state index is 9.30. The monoisotopic (exact) mass is 211 g/mol. The molecule has 0 aliphatic rings. The summed E-state index contributed by atoms with van der Waals surface area (Å²) in [6.07, 6.45) is 0. The molecular weight excluding hydrogens is 202 g/mol. The van der Waals surface area contributed by atoms with Crippen molar-refractivity contribution in [3.05, 3.63) is 12.1 Å². The lowest BCUT2D eigenvalue weighted by atomic mass is 10.3. The van der Waals surface area contributed by atoms with E-state index in [1.165, 1.54) is 26.4 Å². The number of thiocyanates is 1. The highest BCUT2D eigenvalue weighted by atomic mass is 32.2. The number of benzene rings is 1. The summed E-state index contributed by atoms with van der Waals surface area (Å²) in [6, 6.07) is 2.87. The lowest BCUT2D eigenvalue weighted by molar-refractivity contribution is 0.368. The molecule has 0 spiro atoms. The molecule has 0 aliphatic carbocycles. The van der Waals surface area contributed by atoms with Crippen LogP contribution in [0.15, 0.2) is 17.0 Å². The first kappa shape index (κ1) is 10.5. The molecule has 1 aromatic rings. The minimum absolute atomic E-state index is 0.0426. The summed E-state index contributed by atoms with van der Waals surface area (Å²) in [6.45, 7) is 0. The second-order valence-electron chi connectivity index (χ2n) is 2.37. The van der Waals surface area contributed by atoms with E-state index in [4.69, 9.17) is 14.7 Å². The van der Waals surface area contributed by atoms with Crippen LogP contribution in [0.2, 0.25) is 0 Å².